The van der Waals surface area contributed by atoms with Crippen LogP contribution in [-0.4, -0.2) is 9.55 Å². The van der Waals surface area contributed by atoms with Crippen molar-refractivity contribution in [3.05, 3.63) is 57.6 Å². The number of benzene rings is 2. The Bertz CT molecular complexity index is 920. The monoisotopic (exact) mass is 303 g/mol. The predicted molar refractivity (Wildman–Crippen MR) is 78.1 cm³/mol. The van der Waals surface area contributed by atoms with Gasteiger partial charge in [0.05, 0.1) is 28.4 Å². The van der Waals surface area contributed by atoms with Gasteiger partial charge in [-0.15, -0.1) is 0 Å². The number of nitrogens with one attached hydrogen (secondary N) is 1. The number of imidazole rings is 1. The average molecular weight is 304 g/mol. The van der Waals surface area contributed by atoms with E-state index in [1.54, 1.807) is 18.2 Å². The van der Waals surface area contributed by atoms with Gasteiger partial charge >= 0.3 is 0 Å². The standard InChI is InChI=1S/C14H7ClFN3S/c15-9-2-3-10(16)12(6-9)19-13-5-8(7-17)1-4-11(13)18-14(19)20/h1-6H,(H,18,20). The van der Waals surface area contributed by atoms with Crippen molar-refractivity contribution in [1.29, 1.82) is 5.26 Å². The third-order valence-electron chi connectivity index (χ3n) is 2.96. The van der Waals surface area contributed by atoms with Crippen LogP contribution in [0.2, 0.25) is 5.02 Å². The number of aromatic amines is 1. The number of rotatable bonds is 1. The smallest absolute Gasteiger partial charge is 0.182 e. The second-order valence-electron chi connectivity index (χ2n) is 4.21. The van der Waals surface area contributed by atoms with Gasteiger partial charge in [-0.1, -0.05) is 11.6 Å². The number of halogens is 2. The molecule has 98 valence electrons. The van der Waals surface area contributed by atoms with Gasteiger partial charge in [-0.25, -0.2) is 4.39 Å². The van der Waals surface area contributed by atoms with Crippen LogP contribution < -0.4 is 0 Å². The Morgan fingerprint density at radius 3 is 2.80 bits per heavy atom. The molecule has 3 aromatic rings. The summed E-state index contributed by atoms with van der Waals surface area (Å²) in [5.74, 6) is -0.436. The van der Waals surface area contributed by atoms with Crippen LogP contribution >= 0.6 is 23.8 Å². The van der Waals surface area contributed by atoms with Gasteiger partial charge in [-0.3, -0.25) is 4.57 Å². The molecule has 0 radical (unpaired) electrons. The first-order chi connectivity index (χ1) is 9.60. The van der Waals surface area contributed by atoms with Crippen molar-refractivity contribution in [2.24, 2.45) is 0 Å². The fourth-order valence-corrected chi connectivity index (χ4v) is 2.54. The van der Waals surface area contributed by atoms with Crippen LogP contribution in [0.1, 0.15) is 5.56 Å². The van der Waals surface area contributed by atoms with E-state index in [0.29, 0.717) is 20.9 Å². The maximum absolute atomic E-state index is 14.0. The summed E-state index contributed by atoms with van der Waals surface area (Å²) < 4.78 is 15.9. The van der Waals surface area contributed by atoms with Gasteiger partial charge in [-0.05, 0) is 48.6 Å². The normalized spacial score (nSPS) is 10.7. The van der Waals surface area contributed by atoms with E-state index in [4.69, 9.17) is 29.1 Å². The zero-order chi connectivity index (χ0) is 14.3. The first-order valence-corrected chi connectivity index (χ1v) is 6.49. The Morgan fingerprint density at radius 1 is 1.25 bits per heavy atom. The Kier molecular flexibility index (Phi) is 3.05. The Balaban J connectivity index is 2.41. The lowest BCUT2D eigenvalue weighted by Crippen LogP contribution is -1.98. The Morgan fingerprint density at radius 2 is 2.05 bits per heavy atom. The second kappa shape index (κ2) is 4.75. The quantitative estimate of drug-likeness (QED) is 0.679. The zero-order valence-corrected chi connectivity index (χ0v) is 11.6. The van der Waals surface area contributed by atoms with Crippen LogP contribution in [0, 0.1) is 21.9 Å². The molecule has 0 aliphatic carbocycles. The molecule has 1 aromatic heterocycles. The van der Waals surface area contributed by atoms with Crippen LogP contribution in [0.25, 0.3) is 16.7 Å². The third-order valence-corrected chi connectivity index (χ3v) is 3.48. The van der Waals surface area contributed by atoms with Gasteiger partial charge in [0.15, 0.2) is 4.77 Å². The van der Waals surface area contributed by atoms with Crippen molar-refractivity contribution in [2.75, 3.05) is 0 Å². The molecule has 0 saturated carbocycles. The molecule has 2 aromatic carbocycles. The third kappa shape index (κ3) is 1.99. The lowest BCUT2D eigenvalue weighted by molar-refractivity contribution is 0.619. The SMILES string of the molecule is N#Cc1ccc2[nH]c(=S)n(-c3cc(Cl)ccc3F)c2c1. The molecule has 6 heteroatoms. The Hall–Kier alpha value is -2.16. The van der Waals surface area contributed by atoms with Crippen LogP contribution in [0.3, 0.4) is 0 Å². The van der Waals surface area contributed by atoms with Gasteiger partial charge < -0.3 is 4.98 Å². The molecule has 3 nitrogen and oxygen atoms in total. The van der Waals surface area contributed by atoms with Gasteiger partial charge in [0.25, 0.3) is 0 Å². The minimum atomic E-state index is -0.436. The summed E-state index contributed by atoms with van der Waals surface area (Å²) in [7, 11) is 0. The maximum atomic E-state index is 14.0. The summed E-state index contributed by atoms with van der Waals surface area (Å²) in [5.41, 5.74) is 2.09. The summed E-state index contributed by atoms with van der Waals surface area (Å²) in [6.45, 7) is 0. The number of hydrogen-bond acceptors (Lipinski definition) is 2. The molecule has 0 saturated heterocycles. The number of hydrogen-bond donors (Lipinski definition) is 1. The number of aromatic nitrogens is 2. The highest BCUT2D eigenvalue weighted by molar-refractivity contribution is 7.71. The fraction of sp³-hybridized carbons (Fsp3) is 0. The minimum Gasteiger partial charge on any atom is -0.330 e. The molecule has 1 heterocycles. The molecule has 0 aliphatic heterocycles. The molecular formula is C14H7ClFN3S. The number of nitriles is 1. The van der Waals surface area contributed by atoms with E-state index in [1.165, 1.54) is 22.8 Å². The molecule has 20 heavy (non-hydrogen) atoms. The molecule has 1 N–H and O–H groups in total. The highest BCUT2D eigenvalue weighted by Crippen LogP contribution is 2.25. The van der Waals surface area contributed by atoms with Crippen molar-refractivity contribution in [3.63, 3.8) is 0 Å². The fourth-order valence-electron chi connectivity index (χ4n) is 2.07. The number of nitrogens with zero attached hydrogens (tertiary/aromatic N) is 2. The van der Waals surface area contributed by atoms with Crippen molar-refractivity contribution in [1.82, 2.24) is 9.55 Å². The van der Waals surface area contributed by atoms with E-state index >= 15 is 0 Å². The molecule has 0 spiro atoms. The van der Waals surface area contributed by atoms with Crippen molar-refractivity contribution in [3.8, 4) is 11.8 Å². The summed E-state index contributed by atoms with van der Waals surface area (Å²) in [6.07, 6.45) is 0. The number of H-pyrrole nitrogens is 1. The van der Waals surface area contributed by atoms with Gasteiger partial charge in [-0.2, -0.15) is 5.26 Å². The van der Waals surface area contributed by atoms with E-state index in [2.05, 4.69) is 11.1 Å². The van der Waals surface area contributed by atoms with Gasteiger partial charge in [0.1, 0.15) is 5.82 Å². The Labute approximate surface area is 123 Å². The summed E-state index contributed by atoms with van der Waals surface area (Å²) in [5, 5.41) is 9.38. The lowest BCUT2D eigenvalue weighted by Gasteiger charge is -2.06. The predicted octanol–water partition coefficient (Wildman–Crippen LogP) is 4.35. The molecule has 0 atom stereocenters. The summed E-state index contributed by atoms with van der Waals surface area (Å²) >= 11 is 11.2. The molecular weight excluding hydrogens is 297 g/mol. The van der Waals surface area contributed by atoms with Crippen molar-refractivity contribution < 1.29 is 4.39 Å². The minimum absolute atomic E-state index is 0.254. The summed E-state index contributed by atoms with van der Waals surface area (Å²) in [4.78, 5) is 2.98. The number of fused-ring (bicyclic) bond motifs is 1. The van der Waals surface area contributed by atoms with E-state index in [0.717, 1.165) is 5.52 Å². The van der Waals surface area contributed by atoms with E-state index in [1.807, 2.05) is 0 Å². The molecule has 3 rings (SSSR count). The largest absolute Gasteiger partial charge is 0.330 e. The average Bonchev–Trinajstić information content (AvgIpc) is 2.76. The maximum Gasteiger partial charge on any atom is 0.182 e. The highest BCUT2D eigenvalue weighted by atomic mass is 35.5. The summed E-state index contributed by atoms with van der Waals surface area (Å²) in [6, 6.07) is 11.4. The van der Waals surface area contributed by atoms with Crippen LogP contribution in [-0.2, 0) is 0 Å². The molecule has 0 amide bonds. The van der Waals surface area contributed by atoms with Crippen LogP contribution in [0.4, 0.5) is 4.39 Å². The van der Waals surface area contributed by atoms with Crippen molar-refractivity contribution in [2.45, 2.75) is 0 Å². The highest BCUT2D eigenvalue weighted by Gasteiger charge is 2.12. The van der Waals surface area contributed by atoms with Crippen molar-refractivity contribution >= 4 is 34.9 Å². The first kappa shape index (κ1) is 12.9. The zero-order valence-electron chi connectivity index (χ0n) is 10.0. The van der Waals surface area contributed by atoms with E-state index < -0.39 is 5.82 Å². The molecule has 0 bridgehead atoms. The van der Waals surface area contributed by atoms with E-state index in [9.17, 15) is 4.39 Å². The lowest BCUT2D eigenvalue weighted by atomic mass is 10.2. The van der Waals surface area contributed by atoms with Crippen LogP contribution in [0.5, 0.6) is 0 Å². The van der Waals surface area contributed by atoms with Gasteiger partial charge in [0.2, 0.25) is 0 Å². The van der Waals surface area contributed by atoms with Crippen LogP contribution in [0.15, 0.2) is 36.4 Å². The molecule has 0 fully saturated rings. The second-order valence-corrected chi connectivity index (χ2v) is 5.03. The van der Waals surface area contributed by atoms with Gasteiger partial charge in [0, 0.05) is 5.02 Å². The first-order valence-electron chi connectivity index (χ1n) is 5.70. The molecule has 0 unspecified atom stereocenters. The van der Waals surface area contributed by atoms with E-state index in [-0.39, 0.29) is 5.69 Å². The molecule has 0 aliphatic rings. The topological polar surface area (TPSA) is 44.5 Å².